The van der Waals surface area contributed by atoms with Gasteiger partial charge in [0, 0.05) is 36.0 Å². The minimum absolute atomic E-state index is 0.0833. The zero-order chi connectivity index (χ0) is 18.4. The van der Waals surface area contributed by atoms with Crippen molar-refractivity contribution in [3.05, 3.63) is 46.7 Å². The van der Waals surface area contributed by atoms with E-state index < -0.39 is 0 Å². The van der Waals surface area contributed by atoms with E-state index in [0.29, 0.717) is 32.7 Å². The molecule has 1 saturated heterocycles. The van der Waals surface area contributed by atoms with Crippen LogP contribution < -0.4 is 20.3 Å². The number of amides is 3. The van der Waals surface area contributed by atoms with Crippen molar-refractivity contribution in [3.8, 4) is 5.75 Å². The molecule has 1 atom stereocenters. The highest BCUT2D eigenvalue weighted by Crippen LogP contribution is 2.26. The van der Waals surface area contributed by atoms with Crippen molar-refractivity contribution < 1.29 is 14.3 Å². The fraction of sp³-hybridized carbons (Fsp3) is 0.368. The first-order valence-corrected chi connectivity index (χ1v) is 9.61. The lowest BCUT2D eigenvalue weighted by Gasteiger charge is -2.17. The number of rotatable bonds is 7. The maximum absolute atomic E-state index is 12.3. The molecule has 1 aromatic carbocycles. The van der Waals surface area contributed by atoms with E-state index in [4.69, 9.17) is 4.74 Å². The molecule has 1 fully saturated rings. The van der Waals surface area contributed by atoms with Crippen LogP contribution in [0.1, 0.15) is 18.2 Å². The van der Waals surface area contributed by atoms with E-state index in [1.165, 1.54) is 0 Å². The predicted octanol–water partition coefficient (Wildman–Crippen LogP) is 3.00. The number of anilines is 1. The third kappa shape index (κ3) is 4.76. The second-order valence-electron chi connectivity index (χ2n) is 6.14. The molecule has 0 saturated carbocycles. The molecule has 138 valence electrons. The second-order valence-corrected chi connectivity index (χ2v) is 7.18. The molecular formula is C19H23N3O3S. The molecule has 6 nitrogen and oxygen atoms in total. The van der Waals surface area contributed by atoms with E-state index in [0.717, 1.165) is 16.3 Å². The third-order valence-electron chi connectivity index (χ3n) is 4.22. The Balaban J connectivity index is 1.45. The molecule has 2 N–H and O–H groups in total. The van der Waals surface area contributed by atoms with Crippen molar-refractivity contribution in [2.24, 2.45) is 5.92 Å². The monoisotopic (exact) mass is 373 g/mol. The molecule has 1 aliphatic heterocycles. The molecule has 2 heterocycles. The van der Waals surface area contributed by atoms with Gasteiger partial charge in [0.15, 0.2) is 0 Å². The number of urea groups is 1. The summed E-state index contributed by atoms with van der Waals surface area (Å²) >= 11 is 1.61. The highest BCUT2D eigenvalue weighted by molar-refractivity contribution is 7.09. The van der Waals surface area contributed by atoms with Crippen LogP contribution in [0.2, 0.25) is 0 Å². The first kappa shape index (κ1) is 18.3. The molecule has 0 unspecified atom stereocenters. The van der Waals surface area contributed by atoms with Gasteiger partial charge in [0.2, 0.25) is 5.91 Å². The van der Waals surface area contributed by atoms with Gasteiger partial charge in [0.25, 0.3) is 0 Å². The SMILES string of the molecule is CCOc1ccc(N2C[C@@H](CNC(=O)NCc3cccs3)CC2=O)cc1. The van der Waals surface area contributed by atoms with E-state index in [1.807, 2.05) is 48.7 Å². The Kier molecular flexibility index (Phi) is 6.12. The maximum atomic E-state index is 12.3. The van der Waals surface area contributed by atoms with Crippen LogP contribution in [0.4, 0.5) is 10.5 Å². The fourth-order valence-corrected chi connectivity index (χ4v) is 3.58. The summed E-state index contributed by atoms with van der Waals surface area (Å²) in [6.07, 6.45) is 0.443. The summed E-state index contributed by atoms with van der Waals surface area (Å²) < 4.78 is 5.43. The molecule has 1 aromatic heterocycles. The van der Waals surface area contributed by atoms with Crippen molar-refractivity contribution in [3.63, 3.8) is 0 Å². The van der Waals surface area contributed by atoms with Gasteiger partial charge in [-0.2, -0.15) is 0 Å². The Morgan fingerprint density at radius 3 is 2.77 bits per heavy atom. The maximum Gasteiger partial charge on any atom is 0.315 e. The molecule has 3 rings (SSSR count). The van der Waals surface area contributed by atoms with E-state index in [9.17, 15) is 9.59 Å². The van der Waals surface area contributed by atoms with Gasteiger partial charge in [-0.15, -0.1) is 11.3 Å². The number of nitrogens with one attached hydrogen (secondary N) is 2. The first-order chi connectivity index (χ1) is 12.7. The Bertz CT molecular complexity index is 731. The molecule has 2 aromatic rings. The number of hydrogen-bond donors (Lipinski definition) is 2. The van der Waals surface area contributed by atoms with E-state index in [-0.39, 0.29) is 17.9 Å². The predicted molar refractivity (Wildman–Crippen MR) is 103 cm³/mol. The van der Waals surface area contributed by atoms with Gasteiger partial charge in [-0.1, -0.05) is 6.07 Å². The van der Waals surface area contributed by atoms with Crippen LogP contribution in [0.5, 0.6) is 5.75 Å². The Morgan fingerprint density at radius 1 is 1.27 bits per heavy atom. The van der Waals surface area contributed by atoms with Gasteiger partial charge in [-0.3, -0.25) is 4.79 Å². The number of carbonyl (C=O) groups excluding carboxylic acids is 2. The summed E-state index contributed by atoms with van der Waals surface area (Å²) in [5, 5.41) is 7.67. The van der Waals surface area contributed by atoms with Gasteiger partial charge >= 0.3 is 6.03 Å². The zero-order valence-electron chi connectivity index (χ0n) is 14.7. The lowest BCUT2D eigenvalue weighted by atomic mass is 10.1. The highest BCUT2D eigenvalue weighted by atomic mass is 32.1. The van der Waals surface area contributed by atoms with Crippen LogP contribution in [-0.4, -0.2) is 31.6 Å². The zero-order valence-corrected chi connectivity index (χ0v) is 15.6. The van der Waals surface area contributed by atoms with Crippen LogP contribution >= 0.6 is 11.3 Å². The summed E-state index contributed by atoms with van der Waals surface area (Å²) in [5.74, 6) is 0.991. The van der Waals surface area contributed by atoms with Crippen LogP contribution in [0.15, 0.2) is 41.8 Å². The van der Waals surface area contributed by atoms with Gasteiger partial charge in [0.05, 0.1) is 13.2 Å². The van der Waals surface area contributed by atoms with Gasteiger partial charge in [-0.05, 0) is 42.6 Å². The summed E-state index contributed by atoms with van der Waals surface area (Å²) in [4.78, 5) is 27.1. The average Bonchev–Trinajstić information content (AvgIpc) is 3.29. The van der Waals surface area contributed by atoms with E-state index in [1.54, 1.807) is 16.2 Å². The topological polar surface area (TPSA) is 70.7 Å². The van der Waals surface area contributed by atoms with Crippen LogP contribution in [-0.2, 0) is 11.3 Å². The lowest BCUT2D eigenvalue weighted by Crippen LogP contribution is -2.38. The summed E-state index contributed by atoms with van der Waals surface area (Å²) in [5.41, 5.74) is 0.864. The highest BCUT2D eigenvalue weighted by Gasteiger charge is 2.30. The molecular weight excluding hydrogens is 350 g/mol. The summed E-state index contributed by atoms with van der Waals surface area (Å²) in [6.45, 7) is 4.16. The number of ether oxygens (including phenoxy) is 1. The van der Waals surface area contributed by atoms with Crippen molar-refractivity contribution >= 4 is 29.0 Å². The molecule has 3 amide bonds. The van der Waals surface area contributed by atoms with Gasteiger partial charge in [0.1, 0.15) is 5.75 Å². The lowest BCUT2D eigenvalue weighted by molar-refractivity contribution is -0.117. The fourth-order valence-electron chi connectivity index (χ4n) is 2.94. The van der Waals surface area contributed by atoms with Gasteiger partial charge in [-0.25, -0.2) is 4.79 Å². The number of thiophene rings is 1. The molecule has 0 bridgehead atoms. The van der Waals surface area contributed by atoms with Crippen molar-refractivity contribution in [1.82, 2.24) is 10.6 Å². The Labute approximate surface area is 157 Å². The number of nitrogens with zero attached hydrogens (tertiary/aromatic N) is 1. The van der Waals surface area contributed by atoms with Crippen molar-refractivity contribution in [1.29, 1.82) is 0 Å². The summed E-state index contributed by atoms with van der Waals surface area (Å²) in [7, 11) is 0. The molecule has 1 aliphatic rings. The number of hydrogen-bond acceptors (Lipinski definition) is 4. The van der Waals surface area contributed by atoms with E-state index in [2.05, 4.69) is 10.6 Å². The van der Waals surface area contributed by atoms with Crippen molar-refractivity contribution in [2.45, 2.75) is 19.9 Å². The van der Waals surface area contributed by atoms with Gasteiger partial charge < -0.3 is 20.3 Å². The Hall–Kier alpha value is -2.54. The molecule has 26 heavy (non-hydrogen) atoms. The van der Waals surface area contributed by atoms with E-state index >= 15 is 0 Å². The van der Waals surface area contributed by atoms with Crippen molar-refractivity contribution in [2.75, 3.05) is 24.6 Å². The van der Waals surface area contributed by atoms with Crippen LogP contribution in [0.3, 0.4) is 0 Å². The minimum atomic E-state index is -0.203. The summed E-state index contributed by atoms with van der Waals surface area (Å²) in [6, 6.07) is 11.3. The Morgan fingerprint density at radius 2 is 2.08 bits per heavy atom. The molecule has 0 spiro atoms. The minimum Gasteiger partial charge on any atom is -0.494 e. The molecule has 0 aliphatic carbocycles. The average molecular weight is 373 g/mol. The molecule has 0 radical (unpaired) electrons. The second kappa shape index (κ2) is 8.71. The normalized spacial score (nSPS) is 16.6. The number of benzene rings is 1. The first-order valence-electron chi connectivity index (χ1n) is 8.73. The quantitative estimate of drug-likeness (QED) is 0.784. The number of carbonyl (C=O) groups is 2. The van der Waals surface area contributed by atoms with Crippen LogP contribution in [0, 0.1) is 5.92 Å². The largest absolute Gasteiger partial charge is 0.494 e. The molecule has 7 heteroatoms. The smallest absolute Gasteiger partial charge is 0.315 e. The third-order valence-corrected chi connectivity index (χ3v) is 5.10. The van der Waals surface area contributed by atoms with Crippen LogP contribution in [0.25, 0.3) is 0 Å². The standard InChI is InChI=1S/C19H23N3O3S/c1-2-25-16-7-5-15(6-8-16)22-13-14(10-18(22)23)11-20-19(24)21-12-17-4-3-9-26-17/h3-9,14H,2,10-13H2,1H3,(H2,20,21,24)/t14-/m1/s1.